The molecule has 3 fully saturated rings. The minimum atomic E-state index is 1.00. The van der Waals surface area contributed by atoms with Crippen LogP contribution >= 0.6 is 0 Å². The first kappa shape index (κ1) is 7.37. The summed E-state index contributed by atoms with van der Waals surface area (Å²) in [7, 11) is 0. The molecule has 2 heterocycles. The first-order chi connectivity index (χ1) is 5.95. The van der Waals surface area contributed by atoms with Crippen molar-refractivity contribution in [1.29, 1.82) is 0 Å². The van der Waals surface area contributed by atoms with E-state index in [0.717, 1.165) is 18.1 Å². The van der Waals surface area contributed by atoms with Gasteiger partial charge in [-0.15, -0.1) is 0 Å². The average molecular weight is 165 g/mol. The molecule has 2 bridgehead atoms. The van der Waals surface area contributed by atoms with Gasteiger partial charge in [0.2, 0.25) is 0 Å². The molecule has 68 valence electrons. The zero-order valence-electron chi connectivity index (χ0n) is 7.84. The minimum absolute atomic E-state index is 1.00. The molecular weight excluding hydrogens is 146 g/mol. The Hall–Kier alpha value is -0.0400. The van der Waals surface area contributed by atoms with Gasteiger partial charge in [-0.25, -0.2) is 0 Å². The number of hydrogen-bond acceptors (Lipinski definition) is 1. The van der Waals surface area contributed by atoms with E-state index in [2.05, 4.69) is 4.90 Å². The molecule has 0 spiro atoms. The number of rotatable bonds is 1. The summed E-state index contributed by atoms with van der Waals surface area (Å²) in [5.74, 6) is 0. The Bertz CT molecular complexity index is 152. The van der Waals surface area contributed by atoms with Crippen molar-refractivity contribution in [3.05, 3.63) is 0 Å². The second kappa shape index (κ2) is 2.73. The lowest BCUT2D eigenvalue weighted by Crippen LogP contribution is -2.50. The summed E-state index contributed by atoms with van der Waals surface area (Å²) in [6.45, 7) is 0. The maximum atomic E-state index is 2.90. The van der Waals surface area contributed by atoms with Crippen LogP contribution < -0.4 is 0 Å². The van der Waals surface area contributed by atoms with Gasteiger partial charge in [-0.2, -0.15) is 0 Å². The van der Waals surface area contributed by atoms with Gasteiger partial charge in [0.1, 0.15) is 0 Å². The van der Waals surface area contributed by atoms with E-state index in [-0.39, 0.29) is 0 Å². The van der Waals surface area contributed by atoms with Crippen LogP contribution in [0.3, 0.4) is 0 Å². The number of hydrogen-bond donors (Lipinski definition) is 0. The highest BCUT2D eigenvalue weighted by Gasteiger charge is 2.41. The van der Waals surface area contributed by atoms with Gasteiger partial charge in [-0.3, -0.25) is 4.90 Å². The summed E-state index contributed by atoms with van der Waals surface area (Å²) in [6, 6.07) is 3.04. The smallest absolute Gasteiger partial charge is 0.0102 e. The number of piperidine rings is 2. The lowest BCUT2D eigenvalue weighted by Gasteiger charge is -2.46. The molecule has 3 aliphatic rings. The third kappa shape index (κ3) is 1.10. The normalized spacial score (nSPS) is 43.0. The molecule has 2 aliphatic heterocycles. The summed E-state index contributed by atoms with van der Waals surface area (Å²) >= 11 is 0. The quantitative estimate of drug-likeness (QED) is 0.577. The molecular formula is C11H19N. The molecule has 0 unspecified atom stereocenters. The zero-order chi connectivity index (χ0) is 7.97. The van der Waals surface area contributed by atoms with Gasteiger partial charge >= 0.3 is 0 Å². The van der Waals surface area contributed by atoms with Crippen LogP contribution in [0.15, 0.2) is 0 Å². The molecule has 1 heteroatoms. The van der Waals surface area contributed by atoms with Crippen molar-refractivity contribution < 1.29 is 0 Å². The van der Waals surface area contributed by atoms with Gasteiger partial charge in [0, 0.05) is 18.1 Å². The predicted molar refractivity (Wildman–Crippen MR) is 50.1 cm³/mol. The number of nitrogens with zero attached hydrogens (tertiary/aromatic N) is 1. The first-order valence-corrected chi connectivity index (χ1v) is 5.72. The predicted octanol–water partition coefficient (Wildman–Crippen LogP) is 2.56. The molecule has 0 N–H and O–H groups in total. The van der Waals surface area contributed by atoms with Gasteiger partial charge in [0.25, 0.3) is 0 Å². The third-order valence-electron chi connectivity index (χ3n) is 3.96. The van der Waals surface area contributed by atoms with E-state index >= 15 is 0 Å². The first-order valence-electron chi connectivity index (χ1n) is 5.72. The van der Waals surface area contributed by atoms with Gasteiger partial charge < -0.3 is 0 Å². The summed E-state index contributed by atoms with van der Waals surface area (Å²) in [4.78, 5) is 2.90. The van der Waals surface area contributed by atoms with Crippen LogP contribution in [-0.2, 0) is 0 Å². The highest BCUT2D eigenvalue weighted by atomic mass is 15.2. The second-order valence-electron chi connectivity index (χ2n) is 4.85. The molecule has 0 aromatic rings. The summed E-state index contributed by atoms with van der Waals surface area (Å²) < 4.78 is 0. The lowest BCUT2D eigenvalue weighted by atomic mass is 9.84. The van der Waals surface area contributed by atoms with E-state index in [0.29, 0.717) is 0 Å². The van der Waals surface area contributed by atoms with Gasteiger partial charge in [-0.05, 0) is 38.5 Å². The maximum absolute atomic E-state index is 2.90. The fourth-order valence-electron chi connectivity index (χ4n) is 3.33. The fourth-order valence-corrected chi connectivity index (χ4v) is 3.33. The standard InChI is InChI=1S/C11H19N/c1-3-9-5-2-6-10(4-1)12(9)11-7-8-11/h9-11H,1-8H2. The molecule has 0 radical (unpaired) electrons. The van der Waals surface area contributed by atoms with Crippen LogP contribution in [0.25, 0.3) is 0 Å². The van der Waals surface area contributed by atoms with Crippen molar-refractivity contribution in [2.24, 2.45) is 0 Å². The molecule has 3 rings (SSSR count). The fraction of sp³-hybridized carbons (Fsp3) is 1.00. The molecule has 12 heavy (non-hydrogen) atoms. The Labute approximate surface area is 75.1 Å². The van der Waals surface area contributed by atoms with Crippen molar-refractivity contribution in [1.82, 2.24) is 4.90 Å². The summed E-state index contributed by atoms with van der Waals surface area (Å²) in [5.41, 5.74) is 0. The lowest BCUT2D eigenvalue weighted by molar-refractivity contribution is 0.0329. The summed E-state index contributed by atoms with van der Waals surface area (Å²) in [5, 5.41) is 0. The highest BCUT2D eigenvalue weighted by molar-refractivity contribution is 4.97. The van der Waals surface area contributed by atoms with E-state index in [1.54, 1.807) is 0 Å². The van der Waals surface area contributed by atoms with Crippen LogP contribution in [0.4, 0.5) is 0 Å². The third-order valence-corrected chi connectivity index (χ3v) is 3.96. The zero-order valence-corrected chi connectivity index (χ0v) is 7.84. The average Bonchev–Trinajstić information content (AvgIpc) is 2.84. The van der Waals surface area contributed by atoms with Crippen LogP contribution in [-0.4, -0.2) is 23.0 Å². The molecule has 1 aliphatic carbocycles. The monoisotopic (exact) mass is 165 g/mol. The van der Waals surface area contributed by atoms with Crippen molar-refractivity contribution in [3.63, 3.8) is 0 Å². The molecule has 0 atom stereocenters. The Kier molecular flexibility index (Phi) is 1.68. The van der Waals surface area contributed by atoms with Crippen LogP contribution in [0.5, 0.6) is 0 Å². The Morgan fingerprint density at radius 3 is 1.42 bits per heavy atom. The molecule has 2 saturated heterocycles. The molecule has 0 aromatic heterocycles. The van der Waals surface area contributed by atoms with E-state index in [1.807, 2.05) is 0 Å². The van der Waals surface area contributed by atoms with Crippen molar-refractivity contribution in [2.75, 3.05) is 0 Å². The van der Waals surface area contributed by atoms with Crippen molar-refractivity contribution in [3.8, 4) is 0 Å². The topological polar surface area (TPSA) is 3.24 Å². The minimum Gasteiger partial charge on any atom is -0.294 e. The van der Waals surface area contributed by atoms with Crippen LogP contribution in [0, 0.1) is 0 Å². The molecule has 0 amide bonds. The van der Waals surface area contributed by atoms with Crippen molar-refractivity contribution >= 4 is 0 Å². The van der Waals surface area contributed by atoms with Crippen LogP contribution in [0.1, 0.15) is 51.4 Å². The maximum Gasteiger partial charge on any atom is 0.0102 e. The Balaban J connectivity index is 1.78. The van der Waals surface area contributed by atoms with Gasteiger partial charge in [0.15, 0.2) is 0 Å². The largest absolute Gasteiger partial charge is 0.294 e. The Morgan fingerprint density at radius 2 is 1.00 bits per heavy atom. The Morgan fingerprint density at radius 1 is 0.583 bits per heavy atom. The van der Waals surface area contributed by atoms with E-state index < -0.39 is 0 Å². The SMILES string of the molecule is C1CC2CCCC(C1)N2C1CC1. The molecule has 0 aromatic carbocycles. The molecule has 1 saturated carbocycles. The second-order valence-corrected chi connectivity index (χ2v) is 4.85. The number of fused-ring (bicyclic) bond motifs is 2. The highest BCUT2D eigenvalue weighted by Crippen LogP contribution is 2.41. The molecule has 1 nitrogen and oxygen atoms in total. The van der Waals surface area contributed by atoms with Crippen LogP contribution in [0.2, 0.25) is 0 Å². The van der Waals surface area contributed by atoms with Gasteiger partial charge in [-0.1, -0.05) is 12.8 Å². The van der Waals surface area contributed by atoms with Crippen molar-refractivity contribution in [2.45, 2.75) is 69.5 Å². The van der Waals surface area contributed by atoms with E-state index in [4.69, 9.17) is 0 Å². The summed E-state index contributed by atoms with van der Waals surface area (Å²) in [6.07, 6.45) is 12.1. The van der Waals surface area contributed by atoms with E-state index in [1.165, 1.54) is 51.4 Å². The van der Waals surface area contributed by atoms with Gasteiger partial charge in [0.05, 0.1) is 0 Å². The van der Waals surface area contributed by atoms with E-state index in [9.17, 15) is 0 Å².